The molecular weight excluding hydrogens is 503 g/mol. The summed E-state index contributed by atoms with van der Waals surface area (Å²) in [7, 11) is 3.52. The van der Waals surface area contributed by atoms with E-state index in [9.17, 15) is 0 Å². The summed E-state index contributed by atoms with van der Waals surface area (Å²) in [6.45, 7) is 7.83. The zero-order chi connectivity index (χ0) is 21.2. The lowest BCUT2D eigenvalue weighted by Crippen LogP contribution is -2.44. The number of hydrogen-bond donors (Lipinski definition) is 2. The molecule has 0 aromatic heterocycles. The molecule has 1 unspecified atom stereocenters. The van der Waals surface area contributed by atoms with Gasteiger partial charge in [-0.25, -0.2) is 0 Å². The van der Waals surface area contributed by atoms with Crippen molar-refractivity contribution in [2.24, 2.45) is 10.4 Å². The van der Waals surface area contributed by atoms with Crippen LogP contribution in [0.3, 0.4) is 0 Å². The minimum absolute atomic E-state index is 0. The van der Waals surface area contributed by atoms with Gasteiger partial charge in [0.2, 0.25) is 0 Å². The van der Waals surface area contributed by atoms with E-state index in [4.69, 9.17) is 14.5 Å². The van der Waals surface area contributed by atoms with Crippen molar-refractivity contribution >= 4 is 29.9 Å². The van der Waals surface area contributed by atoms with Crippen LogP contribution in [0.2, 0.25) is 0 Å². The number of methoxy groups -OCH3 is 2. The summed E-state index contributed by atoms with van der Waals surface area (Å²) in [6, 6.07) is 8.81. The number of hydrogen-bond acceptors (Lipinski definition) is 4. The number of likely N-dealkylation sites (tertiary alicyclic amines) is 1. The van der Waals surface area contributed by atoms with Crippen LogP contribution >= 0.6 is 24.0 Å². The maximum absolute atomic E-state index is 5.47. The average molecular weight is 545 g/mol. The van der Waals surface area contributed by atoms with E-state index in [1.807, 2.05) is 6.07 Å². The Morgan fingerprint density at radius 2 is 1.94 bits per heavy atom. The quantitative estimate of drug-likeness (QED) is 0.248. The fourth-order valence-electron chi connectivity index (χ4n) is 4.62. The molecule has 1 aliphatic carbocycles. The van der Waals surface area contributed by atoms with Gasteiger partial charge >= 0.3 is 0 Å². The highest BCUT2D eigenvalue weighted by Crippen LogP contribution is 2.44. The summed E-state index contributed by atoms with van der Waals surface area (Å²) < 4.78 is 10.8. The number of nitrogens with zero attached hydrogens (tertiary/aromatic N) is 2. The summed E-state index contributed by atoms with van der Waals surface area (Å²) in [5.41, 5.74) is 1.63. The molecule has 0 amide bonds. The van der Waals surface area contributed by atoms with Crippen LogP contribution in [0.25, 0.3) is 0 Å². The van der Waals surface area contributed by atoms with Gasteiger partial charge < -0.3 is 20.1 Å². The molecule has 31 heavy (non-hydrogen) atoms. The Hall–Kier alpha value is -1.06. The van der Waals surface area contributed by atoms with Crippen molar-refractivity contribution in [1.29, 1.82) is 0 Å². The average Bonchev–Trinajstić information content (AvgIpc) is 3.27. The fourth-order valence-corrected chi connectivity index (χ4v) is 4.62. The Bertz CT molecular complexity index is 675. The topological polar surface area (TPSA) is 58.1 Å². The van der Waals surface area contributed by atoms with Gasteiger partial charge in [0.25, 0.3) is 0 Å². The van der Waals surface area contributed by atoms with Gasteiger partial charge in [-0.15, -0.1) is 24.0 Å². The maximum Gasteiger partial charge on any atom is 0.191 e. The molecule has 1 heterocycles. The van der Waals surface area contributed by atoms with Crippen LogP contribution in [0.15, 0.2) is 29.3 Å². The monoisotopic (exact) mass is 544 g/mol. The zero-order valence-corrected chi connectivity index (χ0v) is 21.8. The van der Waals surface area contributed by atoms with Gasteiger partial charge in [-0.3, -0.25) is 9.89 Å². The van der Waals surface area contributed by atoms with E-state index in [0.717, 1.165) is 57.5 Å². The fraction of sp³-hybridized carbons (Fsp3) is 0.708. The number of ether oxygens (including phenoxy) is 2. The van der Waals surface area contributed by atoms with Crippen LogP contribution in [0.4, 0.5) is 0 Å². The smallest absolute Gasteiger partial charge is 0.191 e. The minimum Gasteiger partial charge on any atom is -0.497 e. The molecule has 176 valence electrons. The van der Waals surface area contributed by atoms with Crippen molar-refractivity contribution in [3.63, 3.8) is 0 Å². The Morgan fingerprint density at radius 1 is 1.16 bits per heavy atom. The first-order valence-electron chi connectivity index (χ1n) is 11.6. The molecule has 1 atom stereocenters. The number of guanidine groups is 1. The molecule has 6 nitrogen and oxygen atoms in total. The standard InChI is InChI=1S/C24H40N4O2.HI/c1-4-25-23(27-19-24(11-8-12-24)13-16-29-2)26-18-22(28-14-5-6-15-28)20-9-7-10-21(17-20)30-3;/h7,9-10,17,22H,4-6,8,11-16,18-19H2,1-3H3,(H2,25,26,27);1H. The third-order valence-corrected chi connectivity index (χ3v) is 6.69. The van der Waals surface area contributed by atoms with Crippen LogP contribution in [0, 0.1) is 5.41 Å². The van der Waals surface area contributed by atoms with Crippen LogP contribution in [-0.4, -0.2) is 64.4 Å². The largest absolute Gasteiger partial charge is 0.497 e. The van der Waals surface area contributed by atoms with Gasteiger partial charge in [0, 0.05) is 33.4 Å². The summed E-state index contributed by atoms with van der Waals surface area (Å²) in [5, 5.41) is 7.08. The van der Waals surface area contributed by atoms with Gasteiger partial charge in [-0.1, -0.05) is 18.6 Å². The van der Waals surface area contributed by atoms with Crippen LogP contribution in [0.5, 0.6) is 5.75 Å². The van der Waals surface area contributed by atoms with Crippen molar-refractivity contribution in [3.05, 3.63) is 29.8 Å². The molecule has 0 spiro atoms. The van der Waals surface area contributed by atoms with Crippen LogP contribution in [0.1, 0.15) is 57.1 Å². The third kappa shape index (κ3) is 7.49. The third-order valence-electron chi connectivity index (χ3n) is 6.69. The minimum atomic E-state index is 0. The Labute approximate surface area is 205 Å². The van der Waals surface area contributed by atoms with Crippen molar-refractivity contribution in [3.8, 4) is 5.75 Å². The SMILES string of the molecule is CCNC(=NCC1(CCOC)CCC1)NCC(c1cccc(OC)c1)N1CCCC1.I. The van der Waals surface area contributed by atoms with Gasteiger partial charge in [-0.2, -0.15) is 0 Å². The maximum atomic E-state index is 5.47. The number of rotatable bonds is 11. The van der Waals surface area contributed by atoms with E-state index >= 15 is 0 Å². The van der Waals surface area contributed by atoms with Gasteiger partial charge in [-0.05, 0) is 75.2 Å². The molecule has 3 rings (SSSR count). The lowest BCUT2D eigenvalue weighted by Gasteiger charge is -2.41. The van der Waals surface area contributed by atoms with Crippen molar-refractivity contribution in [1.82, 2.24) is 15.5 Å². The molecule has 2 N–H and O–H groups in total. The summed E-state index contributed by atoms with van der Waals surface area (Å²) >= 11 is 0. The molecule has 0 radical (unpaired) electrons. The molecule has 1 aromatic rings. The van der Waals surface area contributed by atoms with E-state index < -0.39 is 0 Å². The molecule has 1 saturated carbocycles. The second-order valence-electron chi connectivity index (χ2n) is 8.71. The second kappa shape index (κ2) is 13.5. The predicted octanol–water partition coefficient (Wildman–Crippen LogP) is 4.21. The molecular formula is C24H41IN4O2. The van der Waals surface area contributed by atoms with Crippen molar-refractivity contribution in [2.45, 2.75) is 51.5 Å². The Morgan fingerprint density at radius 3 is 2.55 bits per heavy atom. The number of nitrogens with one attached hydrogen (secondary N) is 2. The van der Waals surface area contributed by atoms with E-state index in [2.05, 4.69) is 40.7 Å². The van der Waals surface area contributed by atoms with Crippen molar-refractivity contribution < 1.29 is 9.47 Å². The highest BCUT2D eigenvalue weighted by molar-refractivity contribution is 14.0. The predicted molar refractivity (Wildman–Crippen MR) is 139 cm³/mol. The second-order valence-corrected chi connectivity index (χ2v) is 8.71. The lowest BCUT2D eigenvalue weighted by molar-refractivity contribution is 0.0778. The first kappa shape index (κ1) is 26.2. The Balaban J connectivity index is 0.00000341. The Kier molecular flexibility index (Phi) is 11.4. The molecule has 0 bridgehead atoms. The molecule has 2 aliphatic rings. The van der Waals surface area contributed by atoms with E-state index in [-0.39, 0.29) is 24.0 Å². The first-order valence-corrected chi connectivity index (χ1v) is 11.6. The van der Waals surface area contributed by atoms with Gasteiger partial charge in [0.1, 0.15) is 5.75 Å². The normalized spacial score (nSPS) is 19.3. The molecule has 2 fully saturated rings. The van der Waals surface area contributed by atoms with Gasteiger partial charge in [0.05, 0.1) is 13.2 Å². The van der Waals surface area contributed by atoms with E-state index in [1.54, 1.807) is 14.2 Å². The summed E-state index contributed by atoms with van der Waals surface area (Å²) in [5.74, 6) is 1.84. The first-order chi connectivity index (χ1) is 14.7. The van der Waals surface area contributed by atoms with Crippen LogP contribution < -0.4 is 15.4 Å². The number of benzene rings is 1. The van der Waals surface area contributed by atoms with E-state index in [1.165, 1.54) is 37.7 Å². The molecule has 7 heteroatoms. The molecule has 1 aromatic carbocycles. The molecule has 1 aliphatic heterocycles. The summed E-state index contributed by atoms with van der Waals surface area (Å²) in [4.78, 5) is 7.56. The lowest BCUT2D eigenvalue weighted by atomic mass is 9.67. The highest BCUT2D eigenvalue weighted by atomic mass is 127. The van der Waals surface area contributed by atoms with Crippen LogP contribution in [-0.2, 0) is 4.74 Å². The number of aliphatic imine (C=N–C) groups is 1. The van der Waals surface area contributed by atoms with Gasteiger partial charge in [0.15, 0.2) is 5.96 Å². The van der Waals surface area contributed by atoms with Crippen molar-refractivity contribution in [2.75, 3.05) is 53.6 Å². The molecule has 1 saturated heterocycles. The number of halogens is 1. The summed E-state index contributed by atoms with van der Waals surface area (Å²) in [6.07, 6.45) is 7.49. The van der Waals surface area contributed by atoms with E-state index in [0.29, 0.717) is 11.5 Å². The zero-order valence-electron chi connectivity index (χ0n) is 19.5. The highest BCUT2D eigenvalue weighted by Gasteiger charge is 2.36.